The highest BCUT2D eigenvalue weighted by Gasteiger charge is 2.61. The van der Waals surface area contributed by atoms with Gasteiger partial charge in [-0.1, -0.05) is 26.8 Å². The Morgan fingerprint density at radius 2 is 1.79 bits per heavy atom. The van der Waals surface area contributed by atoms with Crippen molar-refractivity contribution in [2.45, 2.75) is 78.2 Å². The molecule has 2 aliphatic heterocycles. The van der Waals surface area contributed by atoms with Gasteiger partial charge in [0.05, 0.1) is 0 Å². The van der Waals surface area contributed by atoms with E-state index in [2.05, 4.69) is 37.1 Å². The number of carbonyl (C=O) groups is 2. The smallest absolute Gasteiger partial charge is 0.243 e. The molecule has 3 aliphatic carbocycles. The zero-order valence-electron chi connectivity index (χ0n) is 18.5. The first-order chi connectivity index (χ1) is 13.8. The first-order valence-electron chi connectivity index (χ1n) is 12.1. The maximum atomic E-state index is 13.5. The van der Waals surface area contributed by atoms with E-state index < -0.39 is 0 Å². The molecule has 0 bridgehead atoms. The maximum Gasteiger partial charge on any atom is 0.243 e. The summed E-state index contributed by atoms with van der Waals surface area (Å²) in [6.07, 6.45) is 13.3. The number of piperidine rings is 1. The lowest BCUT2D eigenvalue weighted by Gasteiger charge is -2.58. The van der Waals surface area contributed by atoms with Crippen LogP contribution in [0.5, 0.6) is 0 Å². The van der Waals surface area contributed by atoms with E-state index in [1.807, 2.05) is 0 Å². The summed E-state index contributed by atoms with van der Waals surface area (Å²) >= 11 is 0. The Labute approximate surface area is 175 Å². The van der Waals surface area contributed by atoms with Gasteiger partial charge in [0.2, 0.25) is 11.8 Å². The Morgan fingerprint density at radius 3 is 2.55 bits per heavy atom. The van der Waals surface area contributed by atoms with Gasteiger partial charge in [-0.25, -0.2) is 0 Å². The van der Waals surface area contributed by atoms with Crippen molar-refractivity contribution in [2.24, 2.45) is 40.4 Å². The van der Waals surface area contributed by atoms with Crippen LogP contribution in [0.2, 0.25) is 0 Å². The van der Waals surface area contributed by atoms with Crippen molar-refractivity contribution in [3.05, 3.63) is 12.2 Å². The minimum Gasteiger partial charge on any atom is -0.349 e. The zero-order chi connectivity index (χ0) is 20.4. The van der Waals surface area contributed by atoms with Crippen molar-refractivity contribution >= 4 is 11.8 Å². The molecular formula is C25H38N2O2. The van der Waals surface area contributed by atoms with Gasteiger partial charge in [-0.3, -0.25) is 9.59 Å². The third-order valence-electron chi connectivity index (χ3n) is 10.1. The minimum atomic E-state index is 0.0777. The number of hydrogen-bond donors (Lipinski definition) is 1. The molecule has 5 rings (SSSR count). The summed E-state index contributed by atoms with van der Waals surface area (Å²) in [5.74, 6) is 3.55. The van der Waals surface area contributed by atoms with E-state index in [0.717, 1.165) is 31.8 Å². The molecule has 5 aliphatic rings. The number of hydrogen-bond acceptors (Lipinski definition) is 2. The summed E-state index contributed by atoms with van der Waals surface area (Å²) < 4.78 is 0. The quantitative estimate of drug-likeness (QED) is 0.721. The van der Waals surface area contributed by atoms with Crippen molar-refractivity contribution in [2.75, 3.05) is 13.1 Å². The van der Waals surface area contributed by atoms with Gasteiger partial charge < -0.3 is 10.2 Å². The molecular weight excluding hydrogens is 360 g/mol. The number of fused-ring (bicyclic) bond motifs is 5. The van der Waals surface area contributed by atoms with Crippen LogP contribution in [0.25, 0.3) is 0 Å². The van der Waals surface area contributed by atoms with E-state index in [9.17, 15) is 9.59 Å². The van der Waals surface area contributed by atoms with Crippen molar-refractivity contribution in [1.29, 1.82) is 0 Å². The highest BCUT2D eigenvalue weighted by molar-refractivity contribution is 5.89. The third kappa shape index (κ3) is 2.91. The van der Waals surface area contributed by atoms with Gasteiger partial charge in [0.1, 0.15) is 0 Å². The number of likely N-dealkylation sites (tertiary alicyclic amines) is 1. The fraction of sp³-hybridized carbons (Fsp3) is 0.840. The Bertz CT molecular complexity index is 724. The van der Waals surface area contributed by atoms with Crippen LogP contribution in [0.15, 0.2) is 12.2 Å². The molecule has 2 heterocycles. The van der Waals surface area contributed by atoms with Crippen molar-refractivity contribution in [3.8, 4) is 0 Å². The Hall–Kier alpha value is -1.32. The van der Waals surface area contributed by atoms with Crippen molar-refractivity contribution in [3.63, 3.8) is 0 Å². The summed E-state index contributed by atoms with van der Waals surface area (Å²) in [6, 6.07) is 0.291. The Balaban J connectivity index is 1.36. The summed E-state index contributed by atoms with van der Waals surface area (Å²) in [5.41, 5.74) is 0.259. The molecule has 4 heteroatoms. The highest BCUT2D eigenvalue weighted by atomic mass is 16.2. The number of rotatable bonds is 1. The molecule has 29 heavy (non-hydrogen) atoms. The number of nitrogens with one attached hydrogen (secondary N) is 1. The van der Waals surface area contributed by atoms with Crippen LogP contribution in [0.4, 0.5) is 0 Å². The summed E-state index contributed by atoms with van der Waals surface area (Å²) in [7, 11) is 0. The predicted molar refractivity (Wildman–Crippen MR) is 114 cm³/mol. The van der Waals surface area contributed by atoms with Crippen LogP contribution in [0.3, 0.4) is 0 Å². The van der Waals surface area contributed by atoms with Gasteiger partial charge in [0.15, 0.2) is 0 Å². The summed E-state index contributed by atoms with van der Waals surface area (Å²) in [4.78, 5) is 27.6. The van der Waals surface area contributed by atoms with Crippen molar-refractivity contribution < 1.29 is 9.59 Å². The van der Waals surface area contributed by atoms with Gasteiger partial charge in [-0.05, 0) is 86.5 Å². The molecule has 4 fully saturated rings. The fourth-order valence-corrected chi connectivity index (χ4v) is 8.19. The molecule has 0 aromatic rings. The van der Waals surface area contributed by atoms with E-state index in [1.54, 1.807) is 6.08 Å². The maximum absolute atomic E-state index is 13.5. The molecule has 160 valence electrons. The van der Waals surface area contributed by atoms with Gasteiger partial charge in [-0.15, -0.1) is 0 Å². The number of nitrogens with zero attached hydrogens (tertiary/aromatic N) is 1. The molecule has 3 saturated carbocycles. The minimum absolute atomic E-state index is 0.0777. The zero-order valence-corrected chi connectivity index (χ0v) is 18.5. The largest absolute Gasteiger partial charge is 0.349 e. The van der Waals surface area contributed by atoms with Crippen LogP contribution >= 0.6 is 0 Å². The van der Waals surface area contributed by atoms with Gasteiger partial charge in [0, 0.05) is 30.5 Å². The standard InChI is InChI=1S/C25H38N2O2/c1-16-10-14-27(15-11-16)23(29)20-6-5-18-17-4-7-21-25(3,13-9-22(28)26-21)19(17)8-12-24(18,20)2/h9,13,16-21H,4-8,10-12,14-15H2,1-3H3,(H,26,28)/t17-,18-,19-,20+,21+,24-,25+/m0/s1. The van der Waals surface area contributed by atoms with Gasteiger partial charge in [-0.2, -0.15) is 0 Å². The van der Waals surface area contributed by atoms with E-state index in [4.69, 9.17) is 0 Å². The second-order valence-corrected chi connectivity index (χ2v) is 11.4. The van der Waals surface area contributed by atoms with E-state index in [1.165, 1.54) is 38.5 Å². The van der Waals surface area contributed by atoms with E-state index >= 15 is 0 Å². The van der Waals surface area contributed by atoms with Gasteiger partial charge in [0.25, 0.3) is 0 Å². The van der Waals surface area contributed by atoms with Crippen LogP contribution in [-0.4, -0.2) is 35.8 Å². The lowest BCUT2D eigenvalue weighted by molar-refractivity contribution is -0.145. The normalized spacial score (nSPS) is 47.2. The highest BCUT2D eigenvalue weighted by Crippen LogP contribution is 2.65. The molecule has 2 amide bonds. The monoisotopic (exact) mass is 398 g/mol. The van der Waals surface area contributed by atoms with Crippen LogP contribution in [0, 0.1) is 40.4 Å². The molecule has 4 nitrogen and oxygen atoms in total. The molecule has 0 aromatic carbocycles. The van der Waals surface area contributed by atoms with Crippen LogP contribution < -0.4 is 5.32 Å². The lowest BCUT2D eigenvalue weighted by atomic mass is 9.48. The second-order valence-electron chi connectivity index (χ2n) is 11.4. The molecule has 1 N–H and O–H groups in total. The lowest BCUT2D eigenvalue weighted by Crippen LogP contribution is -2.59. The molecule has 0 aromatic heterocycles. The van der Waals surface area contributed by atoms with E-state index in [0.29, 0.717) is 29.7 Å². The summed E-state index contributed by atoms with van der Waals surface area (Å²) in [6.45, 7) is 9.07. The SMILES string of the molecule is CC1CCN(C(=O)[C@H]2CC[C@H]3[C@@H]4CC[C@H]5NC(=O)C=C[C@]5(C)[C@H]4CC[C@]23C)CC1. The average molecular weight is 399 g/mol. The molecule has 0 unspecified atom stereocenters. The first kappa shape index (κ1) is 19.6. The number of amides is 2. The predicted octanol–water partition coefficient (Wildman–Crippen LogP) is 4.16. The van der Waals surface area contributed by atoms with Crippen LogP contribution in [0.1, 0.15) is 72.1 Å². The molecule has 0 radical (unpaired) electrons. The second kappa shape index (κ2) is 6.85. The molecule has 1 saturated heterocycles. The average Bonchev–Trinajstić information content (AvgIpc) is 3.06. The van der Waals surface area contributed by atoms with Gasteiger partial charge >= 0.3 is 0 Å². The molecule has 7 atom stereocenters. The fourth-order valence-electron chi connectivity index (χ4n) is 8.19. The van der Waals surface area contributed by atoms with Crippen molar-refractivity contribution in [1.82, 2.24) is 10.2 Å². The van der Waals surface area contributed by atoms with E-state index in [-0.39, 0.29) is 22.7 Å². The molecule has 0 spiro atoms. The van der Waals surface area contributed by atoms with Crippen LogP contribution in [-0.2, 0) is 9.59 Å². The Morgan fingerprint density at radius 1 is 1.03 bits per heavy atom. The first-order valence-corrected chi connectivity index (χ1v) is 12.1. The number of carbonyl (C=O) groups excluding carboxylic acids is 2. The third-order valence-corrected chi connectivity index (χ3v) is 10.1. The topological polar surface area (TPSA) is 49.4 Å². The Kier molecular flexibility index (Phi) is 4.64. The summed E-state index contributed by atoms with van der Waals surface area (Å²) in [5, 5.41) is 3.25.